The lowest BCUT2D eigenvalue weighted by molar-refractivity contribution is 0.0950. The first-order valence-electron chi connectivity index (χ1n) is 8.78. The summed E-state index contributed by atoms with van der Waals surface area (Å²) < 4.78 is 36.7. The van der Waals surface area contributed by atoms with Crippen molar-refractivity contribution in [3.8, 4) is 11.5 Å². The topological polar surface area (TPSA) is 84.9 Å². The molecule has 0 aliphatic carbocycles. The molecule has 0 fully saturated rings. The number of carbonyl (C=O) groups is 1. The predicted octanol–water partition coefficient (Wildman–Crippen LogP) is 2.66. The Morgan fingerprint density at radius 2 is 1.64 bits per heavy atom. The van der Waals surface area contributed by atoms with Gasteiger partial charge in [0.05, 0.1) is 19.1 Å². The second-order valence-electron chi connectivity index (χ2n) is 6.51. The minimum atomic E-state index is -3.57. The Labute approximate surface area is 166 Å². The summed E-state index contributed by atoms with van der Waals surface area (Å²) >= 11 is 0. The molecule has 0 aliphatic heterocycles. The molecule has 0 heterocycles. The third kappa shape index (κ3) is 4.82. The lowest BCUT2D eigenvalue weighted by Crippen LogP contribution is -2.33. The van der Waals surface area contributed by atoms with Gasteiger partial charge in [0.15, 0.2) is 11.5 Å². The van der Waals surface area contributed by atoms with E-state index in [1.54, 1.807) is 40.2 Å². The summed E-state index contributed by atoms with van der Waals surface area (Å²) in [5, 5.41) is 2.81. The number of methoxy groups -OCH3 is 2. The highest BCUT2D eigenvalue weighted by molar-refractivity contribution is 7.89. The highest BCUT2D eigenvalue weighted by Gasteiger charge is 2.23. The monoisotopic (exact) mass is 406 g/mol. The van der Waals surface area contributed by atoms with Crippen molar-refractivity contribution >= 4 is 15.9 Å². The highest BCUT2D eigenvalue weighted by Crippen LogP contribution is 2.27. The zero-order valence-electron chi connectivity index (χ0n) is 16.7. The zero-order chi connectivity index (χ0) is 20.9. The van der Waals surface area contributed by atoms with Crippen molar-refractivity contribution in [3.63, 3.8) is 0 Å². The van der Waals surface area contributed by atoms with Gasteiger partial charge in [0, 0.05) is 25.2 Å². The Balaban J connectivity index is 2.08. The Morgan fingerprint density at radius 1 is 1.04 bits per heavy atom. The van der Waals surface area contributed by atoms with E-state index >= 15 is 0 Å². The van der Waals surface area contributed by atoms with Crippen molar-refractivity contribution in [1.82, 2.24) is 9.62 Å². The number of hydrogen-bond acceptors (Lipinski definition) is 5. The van der Waals surface area contributed by atoms with Crippen LogP contribution < -0.4 is 14.8 Å². The van der Waals surface area contributed by atoms with Crippen LogP contribution in [0.25, 0.3) is 0 Å². The molecule has 0 radical (unpaired) electrons. The molecular weight excluding hydrogens is 380 g/mol. The smallest absolute Gasteiger partial charge is 0.251 e. The van der Waals surface area contributed by atoms with Crippen molar-refractivity contribution in [1.29, 1.82) is 0 Å². The second kappa shape index (κ2) is 9.07. The quantitative estimate of drug-likeness (QED) is 0.729. The Hall–Kier alpha value is -2.58. The number of rotatable bonds is 8. The highest BCUT2D eigenvalue weighted by atomic mass is 32.2. The Kier molecular flexibility index (Phi) is 7.04. The molecule has 0 saturated carbocycles. The normalized spacial score (nSPS) is 11.5. The number of ether oxygens (including phenoxy) is 2. The molecule has 1 amide bonds. The van der Waals surface area contributed by atoms with Crippen LogP contribution in [0, 0.1) is 0 Å². The SMILES string of the molecule is COc1ccc(CNC(=O)c2ccc(S(=O)(=O)N(C)C(C)C)cc2)cc1OC. The fourth-order valence-electron chi connectivity index (χ4n) is 2.50. The summed E-state index contributed by atoms with van der Waals surface area (Å²) in [6, 6.07) is 11.1. The summed E-state index contributed by atoms with van der Waals surface area (Å²) in [5.74, 6) is 0.898. The van der Waals surface area contributed by atoms with Gasteiger partial charge in [-0.25, -0.2) is 8.42 Å². The average Bonchev–Trinajstić information content (AvgIpc) is 2.70. The minimum absolute atomic E-state index is 0.153. The van der Waals surface area contributed by atoms with Crippen LogP contribution in [0.2, 0.25) is 0 Å². The van der Waals surface area contributed by atoms with Gasteiger partial charge in [-0.1, -0.05) is 6.07 Å². The molecule has 7 nitrogen and oxygen atoms in total. The molecule has 2 aromatic rings. The van der Waals surface area contributed by atoms with E-state index in [9.17, 15) is 13.2 Å². The minimum Gasteiger partial charge on any atom is -0.493 e. The fraction of sp³-hybridized carbons (Fsp3) is 0.350. The third-order valence-electron chi connectivity index (χ3n) is 4.42. The molecule has 2 rings (SSSR count). The van der Waals surface area contributed by atoms with Gasteiger partial charge >= 0.3 is 0 Å². The molecule has 2 aromatic carbocycles. The van der Waals surface area contributed by atoms with Crippen LogP contribution in [0.1, 0.15) is 29.8 Å². The van der Waals surface area contributed by atoms with Crippen LogP contribution in [0.15, 0.2) is 47.4 Å². The van der Waals surface area contributed by atoms with Crippen molar-refractivity contribution < 1.29 is 22.7 Å². The molecule has 152 valence electrons. The first-order chi connectivity index (χ1) is 13.2. The van der Waals surface area contributed by atoms with Crippen molar-refractivity contribution in [2.75, 3.05) is 21.3 Å². The molecule has 0 atom stereocenters. The molecule has 0 saturated heterocycles. The number of amides is 1. The van der Waals surface area contributed by atoms with Crippen LogP contribution in [-0.2, 0) is 16.6 Å². The number of nitrogens with zero attached hydrogens (tertiary/aromatic N) is 1. The third-order valence-corrected chi connectivity index (χ3v) is 6.47. The van der Waals surface area contributed by atoms with E-state index in [0.29, 0.717) is 23.6 Å². The summed E-state index contributed by atoms with van der Waals surface area (Å²) in [6.45, 7) is 3.90. The number of benzene rings is 2. The van der Waals surface area contributed by atoms with E-state index in [1.165, 1.54) is 35.6 Å². The lowest BCUT2D eigenvalue weighted by Gasteiger charge is -2.21. The van der Waals surface area contributed by atoms with E-state index in [1.807, 2.05) is 6.07 Å². The van der Waals surface area contributed by atoms with Crippen molar-refractivity contribution in [2.24, 2.45) is 0 Å². The maximum Gasteiger partial charge on any atom is 0.251 e. The Bertz CT molecular complexity index is 924. The van der Waals surface area contributed by atoms with Crippen LogP contribution in [0.5, 0.6) is 11.5 Å². The molecule has 8 heteroatoms. The molecule has 0 unspecified atom stereocenters. The van der Waals surface area contributed by atoms with Crippen LogP contribution in [0.4, 0.5) is 0 Å². The van der Waals surface area contributed by atoms with Gasteiger partial charge < -0.3 is 14.8 Å². The number of carbonyl (C=O) groups excluding carboxylic acids is 1. The van der Waals surface area contributed by atoms with Crippen molar-refractivity contribution in [3.05, 3.63) is 53.6 Å². The van der Waals surface area contributed by atoms with E-state index in [2.05, 4.69) is 5.32 Å². The van der Waals surface area contributed by atoms with Gasteiger partial charge in [0.25, 0.3) is 5.91 Å². The maximum atomic E-state index is 12.5. The van der Waals surface area contributed by atoms with Crippen LogP contribution in [-0.4, -0.2) is 45.9 Å². The predicted molar refractivity (Wildman–Crippen MR) is 107 cm³/mol. The molecule has 0 aromatic heterocycles. The average molecular weight is 407 g/mol. The molecule has 0 spiro atoms. The molecule has 0 bridgehead atoms. The summed E-state index contributed by atoms with van der Waals surface area (Å²) in [6.07, 6.45) is 0. The van der Waals surface area contributed by atoms with E-state index in [-0.39, 0.29) is 16.8 Å². The first-order valence-corrected chi connectivity index (χ1v) is 10.2. The molecule has 1 N–H and O–H groups in total. The first kappa shape index (κ1) is 21.7. The number of hydrogen-bond donors (Lipinski definition) is 1. The number of nitrogens with one attached hydrogen (secondary N) is 1. The summed E-state index contributed by atoms with van der Waals surface area (Å²) in [5.41, 5.74) is 1.23. The van der Waals surface area contributed by atoms with Gasteiger partial charge in [-0.05, 0) is 55.8 Å². The van der Waals surface area contributed by atoms with E-state index in [4.69, 9.17) is 9.47 Å². The summed E-state index contributed by atoms with van der Waals surface area (Å²) in [7, 11) is 1.06. The van der Waals surface area contributed by atoms with E-state index < -0.39 is 10.0 Å². The lowest BCUT2D eigenvalue weighted by atomic mass is 10.1. The Morgan fingerprint density at radius 3 is 2.18 bits per heavy atom. The van der Waals surface area contributed by atoms with Crippen molar-refractivity contribution in [2.45, 2.75) is 31.3 Å². The largest absolute Gasteiger partial charge is 0.493 e. The summed E-state index contributed by atoms with van der Waals surface area (Å²) in [4.78, 5) is 12.5. The van der Waals surface area contributed by atoms with E-state index in [0.717, 1.165) is 5.56 Å². The van der Waals surface area contributed by atoms with Crippen LogP contribution >= 0.6 is 0 Å². The molecular formula is C20H26N2O5S. The van der Waals surface area contributed by atoms with Gasteiger partial charge in [-0.2, -0.15) is 4.31 Å². The van der Waals surface area contributed by atoms with Gasteiger partial charge in [0.2, 0.25) is 10.0 Å². The zero-order valence-corrected chi connectivity index (χ0v) is 17.5. The second-order valence-corrected chi connectivity index (χ2v) is 8.51. The van der Waals surface area contributed by atoms with Gasteiger partial charge in [-0.15, -0.1) is 0 Å². The molecule has 28 heavy (non-hydrogen) atoms. The number of sulfonamides is 1. The van der Waals surface area contributed by atoms with Gasteiger partial charge in [-0.3, -0.25) is 4.79 Å². The standard InChI is InChI=1S/C20H26N2O5S/c1-14(2)22(3)28(24,25)17-9-7-16(8-10-17)20(23)21-13-15-6-11-18(26-4)19(12-15)27-5/h6-12,14H,13H2,1-5H3,(H,21,23). The fourth-order valence-corrected chi connectivity index (χ4v) is 3.86. The molecule has 0 aliphatic rings. The maximum absolute atomic E-state index is 12.5. The van der Waals surface area contributed by atoms with Crippen LogP contribution in [0.3, 0.4) is 0 Å². The van der Waals surface area contributed by atoms with Gasteiger partial charge in [0.1, 0.15) is 0 Å².